The SMILES string of the molecule is C#CCCO.C1CCC2CCCC2C1.CC.CC#CCCC1CC2CCCCC2C1.CC#CCCO.[W].[W].[W]. The van der Waals surface area contributed by atoms with Gasteiger partial charge >= 0.3 is 0 Å². The average molecular weight is 1050 g/mol. The van der Waals surface area contributed by atoms with Gasteiger partial charge in [0.25, 0.3) is 0 Å². The smallest absolute Gasteiger partial charge is 0.0540 e. The third kappa shape index (κ3) is 23.9. The fourth-order valence-corrected chi connectivity index (χ4v) is 6.43. The molecule has 5 heteroatoms. The van der Waals surface area contributed by atoms with Crippen LogP contribution >= 0.6 is 0 Å². The van der Waals surface area contributed by atoms with Gasteiger partial charge in [0, 0.05) is 82.5 Å². The largest absolute Gasteiger partial charge is 0.395 e. The number of hydrogen-bond acceptors (Lipinski definition) is 2. The molecule has 0 heterocycles. The minimum Gasteiger partial charge on any atom is -0.395 e. The molecule has 0 aromatic rings. The Bertz CT molecular complexity index is 642. The Morgan fingerprint density at radius 2 is 0.974 bits per heavy atom. The number of rotatable bonds is 4. The van der Waals surface area contributed by atoms with Gasteiger partial charge < -0.3 is 10.2 Å². The van der Waals surface area contributed by atoms with Gasteiger partial charge in [-0.05, 0) is 62.7 Å². The number of aliphatic hydroxyl groups excluding tert-OH is 2. The van der Waals surface area contributed by atoms with E-state index in [1.807, 2.05) is 20.8 Å². The first kappa shape index (κ1) is 46.6. The van der Waals surface area contributed by atoms with E-state index in [2.05, 4.69) is 29.6 Å². The summed E-state index contributed by atoms with van der Waals surface area (Å²) in [5.74, 6) is 19.4. The topological polar surface area (TPSA) is 40.5 Å². The van der Waals surface area contributed by atoms with Gasteiger partial charge in [0.05, 0.1) is 13.2 Å². The maximum absolute atomic E-state index is 8.09. The summed E-state index contributed by atoms with van der Waals surface area (Å²) in [6.07, 6.45) is 28.3. The molecule has 0 bridgehead atoms. The van der Waals surface area contributed by atoms with E-state index in [4.69, 9.17) is 16.6 Å². The molecule has 2 N–H and O–H groups in total. The summed E-state index contributed by atoms with van der Waals surface area (Å²) in [6.45, 7) is 8.00. The molecule has 0 aliphatic heterocycles. The average Bonchev–Trinajstić information content (AvgIpc) is 3.57. The first-order chi connectivity index (χ1) is 17.7. The molecule has 4 fully saturated rings. The molecule has 2 nitrogen and oxygen atoms in total. The summed E-state index contributed by atoms with van der Waals surface area (Å²) in [6, 6.07) is 0. The van der Waals surface area contributed by atoms with Crippen molar-refractivity contribution in [2.75, 3.05) is 13.2 Å². The van der Waals surface area contributed by atoms with Gasteiger partial charge in [0.15, 0.2) is 0 Å². The van der Waals surface area contributed by atoms with Crippen LogP contribution in [0.25, 0.3) is 0 Å². The standard InChI is InChI=1S/C14H22.C9H16.C5H8O.C4H6O.C2H6.3W/c1-2-3-4-7-12-10-13-8-5-6-9-14(13)11-12;1-2-5-9-7-3-6-8(9)4-1;1-2-3-4-5-6;1-2-3-4-5;1-2;;;/h12-14H,4-11H2,1H3;8-9H,1-7H2;6H,4-5H2,1H3;1,5H,3-4H2;1-2H3;;;. The Morgan fingerprint density at radius 3 is 1.31 bits per heavy atom. The zero-order valence-electron chi connectivity index (χ0n) is 25.5. The van der Waals surface area contributed by atoms with Crippen molar-refractivity contribution in [2.45, 2.75) is 137 Å². The van der Waals surface area contributed by atoms with Crippen LogP contribution in [0.2, 0.25) is 0 Å². The quantitative estimate of drug-likeness (QED) is 0.278. The molecule has 0 amide bonds. The van der Waals surface area contributed by atoms with Crippen molar-refractivity contribution in [3.05, 3.63) is 0 Å². The van der Waals surface area contributed by atoms with E-state index in [0.717, 1.165) is 24.2 Å². The summed E-state index contributed by atoms with van der Waals surface area (Å²) in [5, 5.41) is 16.0. The Labute approximate surface area is 287 Å². The second-order valence-corrected chi connectivity index (χ2v) is 10.4. The Morgan fingerprint density at radius 1 is 0.590 bits per heavy atom. The summed E-state index contributed by atoms with van der Waals surface area (Å²) in [7, 11) is 0. The van der Waals surface area contributed by atoms with Crippen LogP contribution in [-0.2, 0) is 63.2 Å². The fourth-order valence-electron chi connectivity index (χ4n) is 6.43. The van der Waals surface area contributed by atoms with Crippen molar-refractivity contribution in [2.24, 2.45) is 29.6 Å². The Kier molecular flexibility index (Phi) is 41.7. The van der Waals surface area contributed by atoms with Crippen LogP contribution in [0.3, 0.4) is 0 Å². The first-order valence-corrected chi connectivity index (χ1v) is 15.1. The van der Waals surface area contributed by atoms with Gasteiger partial charge in [-0.15, -0.1) is 36.0 Å². The van der Waals surface area contributed by atoms with Crippen molar-refractivity contribution >= 4 is 0 Å². The summed E-state index contributed by atoms with van der Waals surface area (Å²) in [5.41, 5.74) is 0. The van der Waals surface area contributed by atoms with Gasteiger partial charge in [0.1, 0.15) is 0 Å². The van der Waals surface area contributed by atoms with Gasteiger partial charge in [0.2, 0.25) is 0 Å². The van der Waals surface area contributed by atoms with E-state index in [1.54, 1.807) is 32.6 Å². The van der Waals surface area contributed by atoms with Gasteiger partial charge in [-0.3, -0.25) is 0 Å². The third-order valence-electron chi connectivity index (χ3n) is 8.08. The van der Waals surface area contributed by atoms with E-state index in [1.165, 1.54) is 76.0 Å². The second-order valence-electron chi connectivity index (χ2n) is 10.4. The van der Waals surface area contributed by atoms with E-state index in [0.29, 0.717) is 12.8 Å². The van der Waals surface area contributed by atoms with Crippen molar-refractivity contribution in [3.8, 4) is 36.0 Å². The van der Waals surface area contributed by atoms with Crippen LogP contribution in [0.4, 0.5) is 0 Å². The van der Waals surface area contributed by atoms with Crippen molar-refractivity contribution in [3.63, 3.8) is 0 Å². The fraction of sp³-hybridized carbons (Fsp3) is 0.824. The van der Waals surface area contributed by atoms with E-state index in [-0.39, 0.29) is 76.4 Å². The molecular formula is C34H58O2W3. The molecule has 4 unspecified atom stereocenters. The Balaban J connectivity index is -0.000000215. The monoisotopic (exact) mass is 1050 g/mol. The minimum absolute atomic E-state index is 0. The zero-order valence-corrected chi connectivity index (χ0v) is 34.3. The van der Waals surface area contributed by atoms with Gasteiger partial charge in [-0.25, -0.2) is 0 Å². The predicted octanol–water partition coefficient (Wildman–Crippen LogP) is 8.40. The first-order valence-electron chi connectivity index (χ1n) is 15.1. The predicted molar refractivity (Wildman–Crippen MR) is 157 cm³/mol. The van der Waals surface area contributed by atoms with E-state index >= 15 is 0 Å². The molecule has 4 atom stereocenters. The van der Waals surface area contributed by atoms with Crippen LogP contribution in [0, 0.1) is 65.6 Å². The third-order valence-corrected chi connectivity index (χ3v) is 8.08. The number of terminal acetylenes is 1. The number of fused-ring (bicyclic) bond motifs is 2. The summed E-state index contributed by atoms with van der Waals surface area (Å²) >= 11 is 0. The molecular weight excluding hydrogens is 992 g/mol. The molecule has 4 aliphatic carbocycles. The van der Waals surface area contributed by atoms with E-state index < -0.39 is 0 Å². The molecule has 0 spiro atoms. The molecule has 4 aliphatic rings. The van der Waals surface area contributed by atoms with Crippen molar-refractivity contribution < 1.29 is 73.4 Å². The molecule has 39 heavy (non-hydrogen) atoms. The van der Waals surface area contributed by atoms with Crippen LogP contribution in [0.1, 0.15) is 137 Å². The molecule has 0 aromatic heterocycles. The van der Waals surface area contributed by atoms with Crippen LogP contribution in [-0.4, -0.2) is 23.4 Å². The zero-order chi connectivity index (χ0) is 26.9. The van der Waals surface area contributed by atoms with E-state index in [9.17, 15) is 0 Å². The summed E-state index contributed by atoms with van der Waals surface area (Å²) in [4.78, 5) is 0. The van der Waals surface area contributed by atoms with Crippen LogP contribution in [0.15, 0.2) is 0 Å². The molecule has 0 radical (unpaired) electrons. The van der Waals surface area contributed by atoms with Gasteiger partial charge in [-0.1, -0.05) is 84.5 Å². The second kappa shape index (κ2) is 34.9. The summed E-state index contributed by atoms with van der Waals surface area (Å²) < 4.78 is 0. The molecule has 0 saturated heterocycles. The molecule has 4 rings (SSSR count). The molecule has 0 aromatic carbocycles. The number of hydrogen-bond donors (Lipinski definition) is 2. The van der Waals surface area contributed by atoms with Crippen LogP contribution < -0.4 is 0 Å². The maximum atomic E-state index is 8.09. The molecule has 4 saturated carbocycles. The number of aliphatic hydroxyl groups is 2. The van der Waals surface area contributed by atoms with Gasteiger partial charge in [-0.2, -0.15) is 0 Å². The normalized spacial score (nSPS) is 24.7. The Hall–Kier alpha value is 0.665. The minimum atomic E-state index is 0. The molecule has 224 valence electrons. The van der Waals surface area contributed by atoms with Crippen molar-refractivity contribution in [1.82, 2.24) is 0 Å². The van der Waals surface area contributed by atoms with Crippen molar-refractivity contribution in [1.29, 1.82) is 0 Å². The van der Waals surface area contributed by atoms with Crippen LogP contribution in [0.5, 0.6) is 0 Å². The maximum Gasteiger partial charge on any atom is 0.0540 e.